The molecule has 174 valence electrons. The SMILES string of the molecule is CCCC1CCC(C(=O)Nc2ccc(C)cc2O)CC1.CCc1c(C)cccc1C(C)=O. The molecule has 0 radical (unpaired) electrons. The van der Waals surface area contributed by atoms with Gasteiger partial charge in [0.15, 0.2) is 5.78 Å². The zero-order valence-corrected chi connectivity index (χ0v) is 20.3. The smallest absolute Gasteiger partial charge is 0.227 e. The zero-order chi connectivity index (χ0) is 23.7. The average Bonchev–Trinajstić information content (AvgIpc) is 2.76. The molecular weight excluding hydrogens is 398 g/mol. The second-order valence-corrected chi connectivity index (χ2v) is 9.03. The number of anilines is 1. The molecule has 2 aromatic carbocycles. The Hall–Kier alpha value is -2.62. The number of phenolic OH excluding ortho intramolecular Hbond substituents is 1. The van der Waals surface area contributed by atoms with Gasteiger partial charge in [0.1, 0.15) is 5.75 Å². The van der Waals surface area contributed by atoms with Crippen LogP contribution in [0, 0.1) is 25.7 Å². The first kappa shape index (κ1) is 25.6. The number of ketones is 1. The molecule has 0 aromatic heterocycles. The largest absolute Gasteiger partial charge is 0.506 e. The van der Waals surface area contributed by atoms with Gasteiger partial charge in [-0.05, 0) is 87.6 Å². The van der Waals surface area contributed by atoms with Crippen LogP contribution in [0.15, 0.2) is 36.4 Å². The van der Waals surface area contributed by atoms with Gasteiger partial charge in [-0.25, -0.2) is 0 Å². The van der Waals surface area contributed by atoms with Crippen LogP contribution in [0.4, 0.5) is 5.69 Å². The molecule has 1 aliphatic carbocycles. The minimum Gasteiger partial charge on any atom is -0.506 e. The second-order valence-electron chi connectivity index (χ2n) is 9.03. The van der Waals surface area contributed by atoms with Crippen molar-refractivity contribution < 1.29 is 14.7 Å². The molecular formula is C28H39NO3. The van der Waals surface area contributed by atoms with Gasteiger partial charge in [0, 0.05) is 11.5 Å². The molecule has 32 heavy (non-hydrogen) atoms. The third kappa shape index (κ3) is 7.22. The van der Waals surface area contributed by atoms with E-state index in [0.717, 1.165) is 49.1 Å². The molecule has 1 amide bonds. The summed E-state index contributed by atoms with van der Waals surface area (Å²) in [6.45, 7) is 9.88. The van der Waals surface area contributed by atoms with Gasteiger partial charge in [0.05, 0.1) is 5.69 Å². The van der Waals surface area contributed by atoms with Crippen molar-refractivity contribution >= 4 is 17.4 Å². The summed E-state index contributed by atoms with van der Waals surface area (Å²) in [4.78, 5) is 23.4. The lowest BCUT2D eigenvalue weighted by molar-refractivity contribution is -0.121. The van der Waals surface area contributed by atoms with Crippen LogP contribution in [-0.4, -0.2) is 16.8 Å². The molecule has 1 saturated carbocycles. The Morgan fingerprint density at radius 2 is 1.72 bits per heavy atom. The van der Waals surface area contributed by atoms with E-state index < -0.39 is 0 Å². The number of rotatable bonds is 6. The zero-order valence-electron chi connectivity index (χ0n) is 20.3. The Balaban J connectivity index is 0.000000258. The number of hydrogen-bond donors (Lipinski definition) is 2. The number of aryl methyl sites for hydroxylation is 2. The fraction of sp³-hybridized carbons (Fsp3) is 0.500. The number of phenols is 1. The summed E-state index contributed by atoms with van der Waals surface area (Å²) in [5.74, 6) is 1.27. The molecule has 4 heteroatoms. The van der Waals surface area contributed by atoms with Crippen molar-refractivity contribution in [1.82, 2.24) is 0 Å². The van der Waals surface area contributed by atoms with Gasteiger partial charge in [0.25, 0.3) is 0 Å². The summed E-state index contributed by atoms with van der Waals surface area (Å²) in [5, 5.41) is 12.7. The highest BCUT2D eigenvalue weighted by atomic mass is 16.3. The Morgan fingerprint density at radius 1 is 1.03 bits per heavy atom. The lowest BCUT2D eigenvalue weighted by atomic mass is 9.80. The fourth-order valence-electron chi connectivity index (χ4n) is 4.61. The van der Waals surface area contributed by atoms with Crippen LogP contribution in [0.3, 0.4) is 0 Å². The molecule has 3 rings (SSSR count). The molecule has 2 N–H and O–H groups in total. The maximum atomic E-state index is 12.2. The second kappa shape index (κ2) is 12.4. The first-order valence-electron chi connectivity index (χ1n) is 12.0. The first-order chi connectivity index (χ1) is 15.3. The topological polar surface area (TPSA) is 66.4 Å². The van der Waals surface area contributed by atoms with E-state index in [1.807, 2.05) is 38.1 Å². The van der Waals surface area contributed by atoms with Gasteiger partial charge >= 0.3 is 0 Å². The van der Waals surface area contributed by atoms with E-state index >= 15 is 0 Å². The number of hydrogen-bond acceptors (Lipinski definition) is 3. The standard InChI is InChI=1S/C17H25NO2.C11H14O/c1-3-4-13-6-8-14(9-7-13)17(20)18-15-10-5-12(2)11-16(15)19;1-4-10-8(2)6-5-7-11(10)9(3)12/h5,10-11,13-14,19H,3-4,6-9H2,1-2H3,(H,18,20);5-7H,4H2,1-3H3. The fourth-order valence-corrected chi connectivity index (χ4v) is 4.61. The first-order valence-corrected chi connectivity index (χ1v) is 12.0. The van der Waals surface area contributed by atoms with Crippen LogP contribution in [0.5, 0.6) is 5.75 Å². The third-order valence-corrected chi connectivity index (χ3v) is 6.47. The third-order valence-electron chi connectivity index (χ3n) is 6.47. The number of nitrogens with one attached hydrogen (secondary N) is 1. The predicted molar refractivity (Wildman–Crippen MR) is 132 cm³/mol. The van der Waals surface area contributed by atoms with Crippen LogP contribution in [-0.2, 0) is 11.2 Å². The molecule has 4 nitrogen and oxygen atoms in total. The highest BCUT2D eigenvalue weighted by molar-refractivity contribution is 5.96. The van der Waals surface area contributed by atoms with E-state index in [0.29, 0.717) is 5.69 Å². The lowest BCUT2D eigenvalue weighted by Crippen LogP contribution is -2.27. The summed E-state index contributed by atoms with van der Waals surface area (Å²) in [5.41, 5.74) is 4.78. The van der Waals surface area contributed by atoms with Crippen LogP contribution in [0.25, 0.3) is 0 Å². The van der Waals surface area contributed by atoms with Gasteiger partial charge in [-0.1, -0.05) is 51.0 Å². The van der Waals surface area contributed by atoms with E-state index in [9.17, 15) is 14.7 Å². The molecule has 0 spiro atoms. The lowest BCUT2D eigenvalue weighted by Gasteiger charge is -2.27. The van der Waals surface area contributed by atoms with Crippen LogP contribution < -0.4 is 5.32 Å². The monoisotopic (exact) mass is 437 g/mol. The number of amides is 1. The number of carbonyl (C=O) groups is 2. The number of benzene rings is 2. The van der Waals surface area contributed by atoms with Crippen LogP contribution in [0.1, 0.15) is 86.3 Å². The number of Topliss-reactive ketones (excluding diaryl/α,β-unsaturated/α-hetero) is 1. The van der Waals surface area contributed by atoms with Gasteiger partial charge < -0.3 is 10.4 Å². The van der Waals surface area contributed by atoms with Crippen molar-refractivity contribution in [2.75, 3.05) is 5.32 Å². The van der Waals surface area contributed by atoms with Crippen molar-refractivity contribution in [3.05, 3.63) is 58.7 Å². The summed E-state index contributed by atoms with van der Waals surface area (Å²) in [6.07, 6.45) is 7.72. The van der Waals surface area contributed by atoms with E-state index in [4.69, 9.17) is 0 Å². The van der Waals surface area contributed by atoms with Crippen molar-refractivity contribution in [3.8, 4) is 5.75 Å². The van der Waals surface area contributed by atoms with Crippen molar-refractivity contribution in [2.24, 2.45) is 11.8 Å². The minimum absolute atomic E-state index is 0.0547. The summed E-state index contributed by atoms with van der Waals surface area (Å²) < 4.78 is 0. The quantitative estimate of drug-likeness (QED) is 0.377. The normalized spacial score (nSPS) is 17.8. The van der Waals surface area contributed by atoms with Gasteiger partial charge in [-0.15, -0.1) is 0 Å². The minimum atomic E-state index is 0.0547. The highest BCUT2D eigenvalue weighted by Crippen LogP contribution is 2.33. The number of aromatic hydroxyl groups is 1. The molecule has 0 atom stereocenters. The molecule has 1 aliphatic rings. The maximum absolute atomic E-state index is 12.2. The van der Waals surface area contributed by atoms with E-state index in [1.54, 1.807) is 19.1 Å². The molecule has 0 saturated heterocycles. The van der Waals surface area contributed by atoms with Gasteiger partial charge in [-0.3, -0.25) is 9.59 Å². The average molecular weight is 438 g/mol. The Bertz CT molecular complexity index is 911. The van der Waals surface area contributed by atoms with Crippen LogP contribution >= 0.6 is 0 Å². The number of carbonyl (C=O) groups excluding carboxylic acids is 2. The van der Waals surface area contributed by atoms with E-state index in [2.05, 4.69) is 19.2 Å². The maximum Gasteiger partial charge on any atom is 0.227 e. The van der Waals surface area contributed by atoms with E-state index in [1.165, 1.54) is 24.0 Å². The Kier molecular flexibility index (Phi) is 9.96. The summed E-state index contributed by atoms with van der Waals surface area (Å²) in [7, 11) is 0. The highest BCUT2D eigenvalue weighted by Gasteiger charge is 2.26. The molecule has 2 aromatic rings. The molecule has 1 fully saturated rings. The molecule has 0 aliphatic heterocycles. The van der Waals surface area contributed by atoms with E-state index in [-0.39, 0.29) is 23.4 Å². The molecule has 0 heterocycles. The summed E-state index contributed by atoms with van der Waals surface area (Å²) in [6, 6.07) is 11.2. The molecule has 0 unspecified atom stereocenters. The van der Waals surface area contributed by atoms with Crippen LogP contribution in [0.2, 0.25) is 0 Å². The predicted octanol–water partition coefficient (Wildman–Crippen LogP) is 7.01. The Morgan fingerprint density at radius 3 is 2.25 bits per heavy atom. The molecule has 0 bridgehead atoms. The van der Waals surface area contributed by atoms with Gasteiger partial charge in [0.2, 0.25) is 5.91 Å². The Labute approximate surface area is 193 Å². The van der Waals surface area contributed by atoms with Crippen molar-refractivity contribution in [2.45, 2.75) is 79.6 Å². The summed E-state index contributed by atoms with van der Waals surface area (Å²) >= 11 is 0. The van der Waals surface area contributed by atoms with Crippen molar-refractivity contribution in [3.63, 3.8) is 0 Å². The van der Waals surface area contributed by atoms with Gasteiger partial charge in [-0.2, -0.15) is 0 Å². The van der Waals surface area contributed by atoms with Crippen molar-refractivity contribution in [1.29, 1.82) is 0 Å².